The molecule has 0 spiro atoms. The van der Waals surface area contributed by atoms with Crippen molar-refractivity contribution in [3.05, 3.63) is 67.3 Å². The fraction of sp³-hybridized carbons (Fsp3) is 0.200. The van der Waals surface area contributed by atoms with Gasteiger partial charge in [-0.2, -0.15) is 0 Å². The molecular weight excluding hydrogens is 286 g/mol. The first-order valence-electron chi connectivity index (χ1n) is 7.78. The number of aromatic nitrogens is 1. The summed E-state index contributed by atoms with van der Waals surface area (Å²) in [5.41, 5.74) is 2.12. The monoisotopic (exact) mass is 307 g/mol. The van der Waals surface area contributed by atoms with Gasteiger partial charge in [0.15, 0.2) is 0 Å². The molecule has 0 atom stereocenters. The molecule has 118 valence electrons. The molecule has 0 amide bonds. The number of para-hydroxylation sites is 2. The van der Waals surface area contributed by atoms with Crippen molar-refractivity contribution in [2.45, 2.75) is 19.8 Å². The van der Waals surface area contributed by atoms with Crippen molar-refractivity contribution in [3.63, 3.8) is 0 Å². The number of fused-ring (bicyclic) bond motifs is 2. The Bertz CT molecular complexity index is 691. The van der Waals surface area contributed by atoms with E-state index in [4.69, 9.17) is 0 Å². The molecule has 0 aliphatic carbocycles. The molecule has 0 unspecified atom stereocenters. The van der Waals surface area contributed by atoms with E-state index in [0.29, 0.717) is 6.61 Å². The summed E-state index contributed by atoms with van der Waals surface area (Å²) in [6.45, 7) is 5.82. The SMILES string of the molecule is C=CC(=O)OCCCC.c1ccc2nc3ccccc3cc2c1. The van der Waals surface area contributed by atoms with Gasteiger partial charge in [0.2, 0.25) is 0 Å². The van der Waals surface area contributed by atoms with Crippen molar-refractivity contribution in [2.75, 3.05) is 6.61 Å². The van der Waals surface area contributed by atoms with E-state index in [9.17, 15) is 4.79 Å². The predicted octanol–water partition coefficient (Wildman–Crippen LogP) is 4.90. The number of hydrogen-bond acceptors (Lipinski definition) is 3. The average molecular weight is 307 g/mol. The van der Waals surface area contributed by atoms with Gasteiger partial charge in [0.05, 0.1) is 17.6 Å². The van der Waals surface area contributed by atoms with Crippen LogP contribution in [0.1, 0.15) is 19.8 Å². The molecule has 1 aromatic heterocycles. The third-order valence-electron chi connectivity index (χ3n) is 3.33. The van der Waals surface area contributed by atoms with Crippen LogP contribution >= 0.6 is 0 Å². The third kappa shape index (κ3) is 4.92. The number of benzene rings is 2. The zero-order chi connectivity index (χ0) is 16.5. The molecule has 0 fully saturated rings. The molecule has 0 saturated carbocycles. The number of carbonyl (C=O) groups excluding carboxylic acids is 1. The smallest absolute Gasteiger partial charge is 0.330 e. The number of carbonyl (C=O) groups is 1. The Balaban J connectivity index is 0.000000188. The Morgan fingerprint density at radius 2 is 1.65 bits per heavy atom. The van der Waals surface area contributed by atoms with Crippen molar-refractivity contribution < 1.29 is 9.53 Å². The van der Waals surface area contributed by atoms with Crippen molar-refractivity contribution in [1.29, 1.82) is 0 Å². The van der Waals surface area contributed by atoms with Gasteiger partial charge in [-0.25, -0.2) is 9.78 Å². The van der Waals surface area contributed by atoms with Crippen molar-refractivity contribution >= 4 is 27.8 Å². The maximum Gasteiger partial charge on any atom is 0.330 e. The van der Waals surface area contributed by atoms with E-state index in [0.717, 1.165) is 23.9 Å². The topological polar surface area (TPSA) is 39.2 Å². The minimum atomic E-state index is -0.330. The summed E-state index contributed by atoms with van der Waals surface area (Å²) in [7, 11) is 0. The highest BCUT2D eigenvalue weighted by Crippen LogP contribution is 2.18. The Morgan fingerprint density at radius 3 is 2.17 bits per heavy atom. The van der Waals surface area contributed by atoms with Gasteiger partial charge in [-0.15, -0.1) is 0 Å². The Hall–Kier alpha value is -2.68. The van der Waals surface area contributed by atoms with Crippen LogP contribution in [0, 0.1) is 0 Å². The minimum Gasteiger partial charge on any atom is -0.463 e. The van der Waals surface area contributed by atoms with E-state index in [2.05, 4.69) is 34.5 Å². The second-order valence-electron chi connectivity index (χ2n) is 5.10. The summed E-state index contributed by atoms with van der Waals surface area (Å²) in [6, 6.07) is 18.6. The van der Waals surface area contributed by atoms with Crippen LogP contribution in [-0.4, -0.2) is 17.6 Å². The van der Waals surface area contributed by atoms with Crippen molar-refractivity contribution in [2.24, 2.45) is 0 Å². The normalized spacial score (nSPS) is 9.96. The fourth-order valence-electron chi connectivity index (χ4n) is 2.10. The minimum absolute atomic E-state index is 0.330. The van der Waals surface area contributed by atoms with Gasteiger partial charge in [-0.05, 0) is 24.6 Å². The van der Waals surface area contributed by atoms with Gasteiger partial charge in [-0.1, -0.05) is 56.3 Å². The van der Waals surface area contributed by atoms with Crippen LogP contribution in [0.15, 0.2) is 67.3 Å². The Morgan fingerprint density at radius 1 is 1.09 bits per heavy atom. The fourth-order valence-corrected chi connectivity index (χ4v) is 2.10. The number of hydrogen-bond donors (Lipinski definition) is 0. The molecule has 23 heavy (non-hydrogen) atoms. The lowest BCUT2D eigenvalue weighted by Crippen LogP contribution is -2.00. The zero-order valence-electron chi connectivity index (χ0n) is 13.4. The number of unbranched alkanes of at least 4 members (excludes halogenated alkanes) is 1. The number of pyridine rings is 1. The molecule has 0 bridgehead atoms. The van der Waals surface area contributed by atoms with Gasteiger partial charge in [0, 0.05) is 16.8 Å². The maximum atomic E-state index is 10.3. The van der Waals surface area contributed by atoms with E-state index < -0.39 is 0 Å². The predicted molar refractivity (Wildman–Crippen MR) is 95.3 cm³/mol. The summed E-state index contributed by atoms with van der Waals surface area (Å²) in [4.78, 5) is 14.9. The summed E-state index contributed by atoms with van der Waals surface area (Å²) in [6.07, 6.45) is 3.15. The third-order valence-corrected chi connectivity index (χ3v) is 3.33. The lowest BCUT2D eigenvalue weighted by atomic mass is 10.1. The number of nitrogens with zero attached hydrogens (tertiary/aromatic N) is 1. The molecule has 0 N–H and O–H groups in total. The highest BCUT2D eigenvalue weighted by Gasteiger charge is 1.96. The van der Waals surface area contributed by atoms with Crippen LogP contribution in [0.25, 0.3) is 21.8 Å². The highest BCUT2D eigenvalue weighted by atomic mass is 16.5. The van der Waals surface area contributed by atoms with Crippen LogP contribution in [0.5, 0.6) is 0 Å². The number of rotatable bonds is 4. The molecule has 3 aromatic rings. The van der Waals surface area contributed by atoms with E-state index >= 15 is 0 Å². The first-order valence-corrected chi connectivity index (χ1v) is 7.78. The second kappa shape index (κ2) is 8.69. The molecule has 3 heteroatoms. The molecule has 0 aliphatic rings. The van der Waals surface area contributed by atoms with Gasteiger partial charge < -0.3 is 4.74 Å². The summed E-state index contributed by atoms with van der Waals surface area (Å²) < 4.78 is 4.67. The van der Waals surface area contributed by atoms with Crippen LogP contribution in [0.3, 0.4) is 0 Å². The quantitative estimate of drug-likeness (QED) is 0.298. The summed E-state index contributed by atoms with van der Waals surface area (Å²) in [5, 5.41) is 2.40. The Labute approximate surface area is 136 Å². The molecule has 0 saturated heterocycles. The number of ether oxygens (including phenoxy) is 1. The van der Waals surface area contributed by atoms with Gasteiger partial charge in [-0.3, -0.25) is 0 Å². The van der Waals surface area contributed by atoms with Crippen LogP contribution in [0.2, 0.25) is 0 Å². The van der Waals surface area contributed by atoms with E-state index in [-0.39, 0.29) is 5.97 Å². The Kier molecular flexibility index (Phi) is 6.30. The largest absolute Gasteiger partial charge is 0.463 e. The zero-order valence-corrected chi connectivity index (χ0v) is 13.4. The molecular formula is C20H21NO2. The van der Waals surface area contributed by atoms with Gasteiger partial charge in [0.1, 0.15) is 0 Å². The van der Waals surface area contributed by atoms with Gasteiger partial charge >= 0.3 is 5.97 Å². The lowest BCUT2D eigenvalue weighted by molar-refractivity contribution is -0.137. The van der Waals surface area contributed by atoms with E-state index in [1.807, 2.05) is 43.3 Å². The number of esters is 1. The molecule has 2 aromatic carbocycles. The standard InChI is InChI=1S/C13H9N.C7H12O2/c1-3-7-12-10(5-1)9-11-6-2-4-8-13(11)14-12;1-3-5-6-9-7(8)4-2/h1-9H;4H,2-3,5-6H2,1H3. The van der Waals surface area contributed by atoms with Crippen molar-refractivity contribution in [3.8, 4) is 0 Å². The second-order valence-corrected chi connectivity index (χ2v) is 5.10. The first-order chi connectivity index (χ1) is 11.2. The molecule has 0 radical (unpaired) electrons. The molecule has 1 heterocycles. The molecule has 3 nitrogen and oxygen atoms in total. The summed E-state index contributed by atoms with van der Waals surface area (Å²) in [5.74, 6) is -0.330. The van der Waals surface area contributed by atoms with E-state index in [1.165, 1.54) is 16.8 Å². The molecule has 3 rings (SSSR count). The lowest BCUT2D eigenvalue weighted by Gasteiger charge is -1.99. The van der Waals surface area contributed by atoms with Crippen LogP contribution in [0.4, 0.5) is 0 Å². The summed E-state index contributed by atoms with van der Waals surface area (Å²) >= 11 is 0. The average Bonchev–Trinajstić information content (AvgIpc) is 2.60. The van der Waals surface area contributed by atoms with E-state index in [1.54, 1.807) is 0 Å². The highest BCUT2D eigenvalue weighted by molar-refractivity contribution is 5.92. The van der Waals surface area contributed by atoms with Crippen molar-refractivity contribution in [1.82, 2.24) is 4.98 Å². The van der Waals surface area contributed by atoms with Crippen LogP contribution < -0.4 is 0 Å². The first kappa shape index (κ1) is 16.7. The van der Waals surface area contributed by atoms with Gasteiger partial charge in [0.25, 0.3) is 0 Å². The molecule has 0 aliphatic heterocycles. The maximum absolute atomic E-state index is 10.3. The van der Waals surface area contributed by atoms with Crippen LogP contribution in [-0.2, 0) is 9.53 Å².